The molecule has 3 N–H and O–H groups in total. The van der Waals surface area contributed by atoms with Crippen LogP contribution in [-0.2, 0) is 9.59 Å². The minimum Gasteiger partial charge on any atom is -0.480 e. The minimum absolute atomic E-state index is 0.242. The zero-order chi connectivity index (χ0) is 15.3. The van der Waals surface area contributed by atoms with Gasteiger partial charge in [-0.15, -0.1) is 0 Å². The highest BCUT2D eigenvalue weighted by atomic mass is 16.4. The Bertz CT molecular complexity index is 389. The van der Waals surface area contributed by atoms with Crippen LogP contribution in [0.25, 0.3) is 0 Å². The van der Waals surface area contributed by atoms with Gasteiger partial charge in [-0.05, 0) is 19.8 Å². The molecule has 7 heteroatoms. The van der Waals surface area contributed by atoms with E-state index in [0.717, 1.165) is 19.3 Å². The number of likely N-dealkylation sites (N-methyl/N-ethyl adjacent to an activating group) is 1. The van der Waals surface area contributed by atoms with Crippen LogP contribution < -0.4 is 10.6 Å². The largest absolute Gasteiger partial charge is 0.480 e. The monoisotopic (exact) mass is 285 g/mol. The second-order valence-corrected chi connectivity index (χ2v) is 5.50. The van der Waals surface area contributed by atoms with Crippen LogP contribution in [0.5, 0.6) is 0 Å². The van der Waals surface area contributed by atoms with Gasteiger partial charge in [-0.3, -0.25) is 4.79 Å². The van der Waals surface area contributed by atoms with E-state index < -0.39 is 23.6 Å². The molecule has 0 aromatic rings. The molecule has 0 saturated heterocycles. The fraction of sp³-hybridized carbons (Fsp3) is 0.769. The molecule has 1 fully saturated rings. The lowest BCUT2D eigenvalue weighted by atomic mass is 9.82. The van der Waals surface area contributed by atoms with Gasteiger partial charge in [-0.2, -0.15) is 0 Å². The van der Waals surface area contributed by atoms with Gasteiger partial charge in [-0.1, -0.05) is 19.3 Å². The number of carbonyl (C=O) groups is 3. The first-order chi connectivity index (χ1) is 9.28. The summed E-state index contributed by atoms with van der Waals surface area (Å²) in [5.74, 6) is -1.26. The smallest absolute Gasteiger partial charge is 0.329 e. The molecular weight excluding hydrogens is 262 g/mol. The predicted octanol–water partition coefficient (Wildman–Crippen LogP) is 0.550. The van der Waals surface area contributed by atoms with Crippen LogP contribution in [0.15, 0.2) is 0 Å². The highest BCUT2D eigenvalue weighted by Gasteiger charge is 2.41. The number of carboxylic acids is 1. The van der Waals surface area contributed by atoms with Crippen molar-refractivity contribution in [2.24, 2.45) is 0 Å². The summed E-state index contributed by atoms with van der Waals surface area (Å²) in [6.07, 6.45) is 3.38. The van der Waals surface area contributed by atoms with E-state index in [4.69, 9.17) is 0 Å². The second kappa shape index (κ2) is 6.58. The quantitative estimate of drug-likeness (QED) is 0.702. The number of rotatable bonds is 4. The lowest BCUT2D eigenvalue weighted by molar-refractivity contribution is -0.145. The Morgan fingerprint density at radius 2 is 1.70 bits per heavy atom. The first-order valence-electron chi connectivity index (χ1n) is 6.82. The molecule has 1 aliphatic rings. The molecule has 0 spiro atoms. The maximum absolute atomic E-state index is 11.9. The van der Waals surface area contributed by atoms with Crippen LogP contribution >= 0.6 is 0 Å². The number of carboxylic acid groups (broad SMARTS) is 1. The zero-order valence-corrected chi connectivity index (χ0v) is 12.2. The third-order valence-electron chi connectivity index (χ3n) is 3.63. The summed E-state index contributed by atoms with van der Waals surface area (Å²) in [5, 5.41) is 14.4. The Hall–Kier alpha value is -1.79. The number of nitrogens with one attached hydrogen (secondary N) is 2. The van der Waals surface area contributed by atoms with Gasteiger partial charge in [0.25, 0.3) is 0 Å². The van der Waals surface area contributed by atoms with Gasteiger partial charge < -0.3 is 20.6 Å². The van der Waals surface area contributed by atoms with Crippen LogP contribution in [0.1, 0.15) is 39.0 Å². The van der Waals surface area contributed by atoms with Crippen molar-refractivity contribution in [1.29, 1.82) is 0 Å². The summed E-state index contributed by atoms with van der Waals surface area (Å²) in [5.41, 5.74) is -1.21. The maximum Gasteiger partial charge on any atom is 0.329 e. The number of urea groups is 1. The fourth-order valence-corrected chi connectivity index (χ4v) is 2.45. The summed E-state index contributed by atoms with van der Waals surface area (Å²) in [6.45, 7) is 1.57. The van der Waals surface area contributed by atoms with Gasteiger partial charge in [0, 0.05) is 14.1 Å². The van der Waals surface area contributed by atoms with Crippen molar-refractivity contribution in [3.63, 3.8) is 0 Å². The van der Waals surface area contributed by atoms with Crippen molar-refractivity contribution in [2.45, 2.75) is 50.6 Å². The van der Waals surface area contributed by atoms with Crippen LogP contribution in [0.3, 0.4) is 0 Å². The van der Waals surface area contributed by atoms with E-state index in [0.29, 0.717) is 12.8 Å². The molecule has 0 heterocycles. The molecular formula is C13H23N3O4. The third-order valence-corrected chi connectivity index (χ3v) is 3.63. The van der Waals surface area contributed by atoms with E-state index in [2.05, 4.69) is 10.6 Å². The highest BCUT2D eigenvalue weighted by molar-refractivity contribution is 5.90. The Labute approximate surface area is 118 Å². The first kappa shape index (κ1) is 16.3. The molecule has 1 unspecified atom stereocenters. The first-order valence-corrected chi connectivity index (χ1v) is 6.82. The van der Waals surface area contributed by atoms with Gasteiger partial charge >= 0.3 is 12.0 Å². The van der Waals surface area contributed by atoms with Gasteiger partial charge in [0.1, 0.15) is 11.6 Å². The van der Waals surface area contributed by atoms with Gasteiger partial charge in [0.05, 0.1) is 0 Å². The summed E-state index contributed by atoms with van der Waals surface area (Å²) in [7, 11) is 3.19. The van der Waals surface area contributed by atoms with Crippen LogP contribution in [0.2, 0.25) is 0 Å². The van der Waals surface area contributed by atoms with E-state index >= 15 is 0 Å². The summed E-state index contributed by atoms with van der Waals surface area (Å²) < 4.78 is 0. The number of amides is 3. The van der Waals surface area contributed by atoms with Crippen LogP contribution in [0, 0.1) is 0 Å². The van der Waals surface area contributed by atoms with Crippen LogP contribution in [-0.4, -0.2) is 53.6 Å². The molecule has 0 radical (unpaired) electrons. The van der Waals surface area contributed by atoms with Crippen molar-refractivity contribution in [3.8, 4) is 0 Å². The maximum atomic E-state index is 11.9. The van der Waals surface area contributed by atoms with E-state index in [1.54, 1.807) is 21.0 Å². The van der Waals surface area contributed by atoms with Crippen LogP contribution in [0.4, 0.5) is 4.79 Å². The molecule has 1 saturated carbocycles. The molecule has 3 amide bonds. The molecule has 1 atom stereocenters. The Morgan fingerprint density at radius 3 is 2.15 bits per heavy atom. The average Bonchev–Trinajstić information content (AvgIpc) is 2.38. The van der Waals surface area contributed by atoms with E-state index in [9.17, 15) is 19.5 Å². The predicted molar refractivity (Wildman–Crippen MR) is 73.3 cm³/mol. The Kier molecular flexibility index (Phi) is 5.35. The summed E-state index contributed by atoms with van der Waals surface area (Å²) in [4.78, 5) is 36.3. The van der Waals surface area contributed by atoms with Gasteiger partial charge in [-0.25, -0.2) is 9.59 Å². The number of aliphatic carboxylic acids is 1. The van der Waals surface area contributed by atoms with Crippen molar-refractivity contribution in [1.82, 2.24) is 15.5 Å². The molecule has 0 aromatic heterocycles. The fourth-order valence-electron chi connectivity index (χ4n) is 2.45. The standard InChI is InChI=1S/C13H23N3O4/c1-9(10(17)16(2)3)14-12(20)15-13(11(18)19)7-5-4-6-8-13/h9H,4-8H2,1-3H3,(H,18,19)(H2,14,15,20). The average molecular weight is 285 g/mol. The zero-order valence-electron chi connectivity index (χ0n) is 12.2. The second-order valence-electron chi connectivity index (χ2n) is 5.50. The van der Waals surface area contributed by atoms with Gasteiger partial charge in [0.15, 0.2) is 0 Å². The van der Waals surface area contributed by atoms with Crippen molar-refractivity contribution in [3.05, 3.63) is 0 Å². The van der Waals surface area contributed by atoms with E-state index in [1.807, 2.05) is 0 Å². The Morgan fingerprint density at radius 1 is 1.15 bits per heavy atom. The van der Waals surface area contributed by atoms with Gasteiger partial charge in [0.2, 0.25) is 5.91 Å². The lowest BCUT2D eigenvalue weighted by Gasteiger charge is -2.34. The third kappa shape index (κ3) is 3.85. The normalized spacial score (nSPS) is 18.8. The molecule has 20 heavy (non-hydrogen) atoms. The number of nitrogens with zero attached hydrogens (tertiary/aromatic N) is 1. The Balaban J connectivity index is 2.63. The van der Waals surface area contributed by atoms with E-state index in [-0.39, 0.29) is 5.91 Å². The molecule has 0 aromatic carbocycles. The lowest BCUT2D eigenvalue weighted by Crippen LogP contribution is -2.60. The topological polar surface area (TPSA) is 98.7 Å². The number of carbonyl (C=O) groups excluding carboxylic acids is 2. The SMILES string of the molecule is CC(NC(=O)NC1(C(=O)O)CCCCC1)C(=O)N(C)C. The minimum atomic E-state index is -1.21. The molecule has 0 bridgehead atoms. The summed E-state index contributed by atoms with van der Waals surface area (Å²) in [6, 6.07) is -1.31. The molecule has 0 aliphatic heterocycles. The van der Waals surface area contributed by atoms with E-state index in [1.165, 1.54) is 4.90 Å². The number of hydrogen-bond donors (Lipinski definition) is 3. The van der Waals surface area contributed by atoms with Crippen molar-refractivity contribution < 1.29 is 19.5 Å². The summed E-state index contributed by atoms with van der Waals surface area (Å²) >= 11 is 0. The molecule has 1 aliphatic carbocycles. The highest BCUT2D eigenvalue weighted by Crippen LogP contribution is 2.28. The molecule has 114 valence electrons. The number of hydrogen-bond acceptors (Lipinski definition) is 3. The van der Waals surface area contributed by atoms with Crippen molar-refractivity contribution in [2.75, 3.05) is 14.1 Å². The molecule has 7 nitrogen and oxygen atoms in total. The molecule has 1 rings (SSSR count). The van der Waals surface area contributed by atoms with Crippen molar-refractivity contribution >= 4 is 17.9 Å².